The number of carbonyl (C=O) groups excluding carboxylic acids is 6. The molecule has 428 valence electrons. The van der Waals surface area contributed by atoms with Crippen molar-refractivity contribution in [2.45, 2.75) is 186 Å². The third-order valence-corrected chi connectivity index (χ3v) is 27.6. The summed E-state index contributed by atoms with van der Waals surface area (Å²) in [5.74, 6) is -6.30. The zero-order chi connectivity index (χ0) is 58.0. The molecule has 0 unspecified atom stereocenters. The number of nitro benzene ring substituents is 1. The normalized spacial score (nSPS) is 28.0. The van der Waals surface area contributed by atoms with E-state index >= 15 is 14.4 Å². The van der Waals surface area contributed by atoms with Crippen LogP contribution in [0.2, 0.25) is 36.3 Å². The van der Waals surface area contributed by atoms with E-state index in [1.54, 1.807) is 88.4 Å². The van der Waals surface area contributed by atoms with Crippen LogP contribution < -0.4 is 5.32 Å². The SMILES string of the molecule is CC[Si](CC)(CC)O[C@H]1C[C@H]2OC[C@@]2(OC(C)=O)[C@H]2[C@H](OC(=O)c3ccc([N+](=O)[O-])cc3)[C@]3(O)C[C@H](OC(=O)[C@H](O[Si](CC)(CC)CC)[C@@H](NC(=O)c4ccccc4)c4ccccc4)C(C)=C([C@@H](OC(C)=O)C(=O)[C@]12C)C3(C)C. The molecule has 3 fully saturated rings. The minimum Gasteiger partial charge on any atom is -0.456 e. The number of rotatable bonds is 21. The summed E-state index contributed by atoms with van der Waals surface area (Å²) >= 11 is 0. The number of hydrogen-bond donors (Lipinski definition) is 2. The zero-order valence-corrected chi connectivity index (χ0v) is 49.6. The van der Waals surface area contributed by atoms with Gasteiger partial charge < -0.3 is 43.0 Å². The highest BCUT2D eigenvalue weighted by Crippen LogP contribution is 2.65. The molecule has 2 saturated carbocycles. The van der Waals surface area contributed by atoms with Gasteiger partial charge in [-0.2, -0.15) is 0 Å². The second-order valence-electron chi connectivity index (χ2n) is 22.5. The molecule has 0 aromatic heterocycles. The van der Waals surface area contributed by atoms with E-state index in [-0.39, 0.29) is 35.4 Å². The lowest BCUT2D eigenvalue weighted by atomic mass is 9.44. The predicted molar refractivity (Wildman–Crippen MR) is 296 cm³/mol. The van der Waals surface area contributed by atoms with Gasteiger partial charge in [0.15, 0.2) is 40.2 Å². The molecule has 1 heterocycles. The van der Waals surface area contributed by atoms with Crippen LogP contribution in [-0.2, 0) is 51.7 Å². The quantitative estimate of drug-likeness (QED) is 0.0252. The number of non-ortho nitro benzene ring substituents is 1. The van der Waals surface area contributed by atoms with Crippen molar-refractivity contribution in [3.63, 3.8) is 0 Å². The molecule has 3 aromatic rings. The fourth-order valence-electron chi connectivity index (χ4n) is 13.2. The molecule has 18 nitrogen and oxygen atoms in total. The Kier molecular flexibility index (Phi) is 18.2. The molecule has 0 spiro atoms. The summed E-state index contributed by atoms with van der Waals surface area (Å²) in [4.78, 5) is 100. The molecule has 1 aliphatic heterocycles. The first kappa shape index (κ1) is 60.7. The number of nitro groups is 1. The van der Waals surface area contributed by atoms with E-state index in [9.17, 15) is 29.6 Å². The van der Waals surface area contributed by atoms with Crippen LogP contribution in [0.4, 0.5) is 5.69 Å². The topological polar surface area (TPSA) is 242 Å². The summed E-state index contributed by atoms with van der Waals surface area (Å²) in [6.07, 6.45) is -9.12. The number of Topliss-reactive ketones (excluding diaryl/α,β-unsaturated/α-hetero) is 1. The molecule has 3 aromatic carbocycles. The number of nitrogens with one attached hydrogen (secondary N) is 1. The van der Waals surface area contributed by atoms with E-state index in [2.05, 4.69) is 5.32 Å². The van der Waals surface area contributed by atoms with Gasteiger partial charge >= 0.3 is 23.9 Å². The van der Waals surface area contributed by atoms with Crippen molar-refractivity contribution in [1.82, 2.24) is 5.32 Å². The highest BCUT2D eigenvalue weighted by molar-refractivity contribution is 6.74. The number of amides is 1. The summed E-state index contributed by atoms with van der Waals surface area (Å²) in [5.41, 5.74) is -7.14. The van der Waals surface area contributed by atoms with Crippen LogP contribution in [0.3, 0.4) is 0 Å². The number of ether oxygens (including phenoxy) is 5. The standard InChI is InChI=1S/C59H78N2O16Si2/c1-13-78(14-2,15-3)76-44-33-45-58(35-71-45,75-38(9)63)50-52(74-54(66)41-29-31-42(32-30-41)61(69)70)59(68)34-43(36(7)46(56(59,10)11)48(72-37(8)62)51(64)57(44,50)12)73-55(67)49(77-79(16-4,17-5)18-6)47(39-25-21-19-22-26-39)60-53(65)40-27-23-20-24-28-40/h19-32,43-45,47-50,52,68H,13-18,33-35H2,1-12H3,(H,60,65)/t43-,44-,45+,47-,48+,49+,50-,52-,57+,58-,59+/m0/s1. The number of esters is 4. The van der Waals surface area contributed by atoms with Crippen LogP contribution in [0.25, 0.3) is 0 Å². The van der Waals surface area contributed by atoms with Crippen molar-refractivity contribution in [1.29, 1.82) is 0 Å². The highest BCUT2D eigenvalue weighted by Gasteiger charge is 2.79. The van der Waals surface area contributed by atoms with Crippen molar-refractivity contribution < 1.29 is 71.3 Å². The molecule has 20 heteroatoms. The third-order valence-electron chi connectivity index (χ3n) is 18.4. The molecular formula is C59H78N2O16Si2. The van der Waals surface area contributed by atoms with E-state index < -0.39 is 134 Å². The van der Waals surface area contributed by atoms with Crippen LogP contribution in [-0.4, -0.2) is 117 Å². The predicted octanol–water partition coefficient (Wildman–Crippen LogP) is 9.70. The number of benzene rings is 3. The molecule has 11 atom stereocenters. The Hall–Kier alpha value is -5.91. The van der Waals surface area contributed by atoms with Gasteiger partial charge in [0, 0.05) is 49.8 Å². The number of aliphatic hydroxyl groups is 1. The van der Waals surface area contributed by atoms with Crippen LogP contribution in [0.1, 0.15) is 128 Å². The van der Waals surface area contributed by atoms with Crippen LogP contribution in [0.5, 0.6) is 0 Å². The van der Waals surface area contributed by atoms with Gasteiger partial charge in [0.2, 0.25) is 0 Å². The molecule has 3 aliphatic carbocycles. The minimum absolute atomic E-state index is 0.0273. The Morgan fingerprint density at radius 2 is 1.35 bits per heavy atom. The molecule has 4 aliphatic rings. The van der Waals surface area contributed by atoms with Gasteiger partial charge in [-0.1, -0.05) is 104 Å². The van der Waals surface area contributed by atoms with Gasteiger partial charge in [0.25, 0.3) is 11.6 Å². The van der Waals surface area contributed by atoms with Crippen LogP contribution in [0.15, 0.2) is 96.1 Å². The molecule has 0 radical (unpaired) electrons. The Labute approximate surface area is 465 Å². The van der Waals surface area contributed by atoms with Gasteiger partial charge in [0.05, 0.1) is 40.6 Å². The molecule has 2 N–H and O–H groups in total. The van der Waals surface area contributed by atoms with Gasteiger partial charge in [-0.25, -0.2) is 9.59 Å². The lowest BCUT2D eigenvalue weighted by Gasteiger charge is -2.68. The number of carbonyl (C=O) groups is 6. The Balaban J connectivity index is 1.50. The number of nitrogens with zero attached hydrogens (tertiary/aromatic N) is 1. The first-order chi connectivity index (χ1) is 37.3. The summed E-state index contributed by atoms with van der Waals surface area (Å²) < 4.78 is 46.9. The maximum Gasteiger partial charge on any atom is 0.338 e. The Morgan fingerprint density at radius 3 is 1.86 bits per heavy atom. The summed E-state index contributed by atoms with van der Waals surface area (Å²) in [6, 6.07) is 24.7. The Morgan fingerprint density at radius 1 is 0.785 bits per heavy atom. The first-order valence-corrected chi connectivity index (χ1v) is 32.8. The molecule has 1 amide bonds. The fraction of sp³-hybridized carbons (Fsp3) is 0.559. The lowest BCUT2D eigenvalue weighted by Crippen LogP contribution is -2.82. The van der Waals surface area contributed by atoms with Gasteiger partial charge in [-0.15, -0.1) is 0 Å². The van der Waals surface area contributed by atoms with Crippen molar-refractivity contribution in [3.05, 3.63) is 123 Å². The van der Waals surface area contributed by atoms with Crippen molar-refractivity contribution >= 4 is 57.9 Å². The summed E-state index contributed by atoms with van der Waals surface area (Å²) in [5, 5.41) is 29.3. The molecule has 7 rings (SSSR count). The number of fused-ring (bicyclic) bond motifs is 5. The fourth-order valence-corrected chi connectivity index (χ4v) is 18.9. The second-order valence-corrected chi connectivity index (χ2v) is 31.9. The summed E-state index contributed by atoms with van der Waals surface area (Å²) in [7, 11) is -5.52. The monoisotopic (exact) mass is 1130 g/mol. The van der Waals surface area contributed by atoms with Gasteiger partial charge in [-0.05, 0) is 91.1 Å². The van der Waals surface area contributed by atoms with Crippen molar-refractivity contribution in [3.8, 4) is 0 Å². The largest absolute Gasteiger partial charge is 0.456 e. The number of ketones is 1. The van der Waals surface area contributed by atoms with E-state index in [4.69, 9.17) is 32.5 Å². The average molecular weight is 1130 g/mol. The van der Waals surface area contributed by atoms with E-state index in [0.29, 0.717) is 47.4 Å². The third kappa shape index (κ3) is 11.0. The van der Waals surface area contributed by atoms with Crippen LogP contribution >= 0.6 is 0 Å². The van der Waals surface area contributed by atoms with E-state index in [1.807, 2.05) is 41.5 Å². The molecular weight excluding hydrogens is 1050 g/mol. The van der Waals surface area contributed by atoms with E-state index in [1.165, 1.54) is 19.1 Å². The maximum atomic E-state index is 16.6. The number of hydrogen-bond acceptors (Lipinski definition) is 16. The van der Waals surface area contributed by atoms with Crippen molar-refractivity contribution in [2.24, 2.45) is 16.7 Å². The first-order valence-electron chi connectivity index (χ1n) is 27.7. The highest BCUT2D eigenvalue weighted by atomic mass is 28.4. The zero-order valence-electron chi connectivity index (χ0n) is 47.6. The van der Waals surface area contributed by atoms with Crippen LogP contribution in [0, 0.1) is 26.9 Å². The maximum absolute atomic E-state index is 16.6. The lowest BCUT2D eigenvalue weighted by molar-refractivity contribution is -0.384. The Bertz CT molecular complexity index is 2790. The van der Waals surface area contributed by atoms with Crippen molar-refractivity contribution in [2.75, 3.05) is 6.61 Å². The second kappa shape index (κ2) is 23.7. The minimum atomic E-state index is -2.80. The molecule has 1 saturated heterocycles. The van der Waals surface area contributed by atoms with Gasteiger partial charge in [0.1, 0.15) is 23.9 Å². The molecule has 79 heavy (non-hydrogen) atoms. The average Bonchev–Trinajstić information content (AvgIpc) is 3.53. The van der Waals surface area contributed by atoms with Gasteiger partial charge in [-0.3, -0.25) is 29.3 Å². The summed E-state index contributed by atoms with van der Waals surface area (Å²) in [6.45, 7) is 20.6. The molecule has 2 bridgehead atoms. The van der Waals surface area contributed by atoms with E-state index in [0.717, 1.165) is 19.1 Å². The smallest absolute Gasteiger partial charge is 0.338 e.